The molecule has 1 aromatic rings. The van der Waals surface area contributed by atoms with Crippen molar-refractivity contribution in [2.24, 2.45) is 5.92 Å². The van der Waals surface area contributed by atoms with E-state index in [0.717, 1.165) is 32.5 Å². The fourth-order valence-electron chi connectivity index (χ4n) is 3.73. The van der Waals surface area contributed by atoms with E-state index in [0.29, 0.717) is 5.92 Å². The van der Waals surface area contributed by atoms with Crippen LogP contribution < -0.4 is 5.32 Å². The highest BCUT2D eigenvalue weighted by Gasteiger charge is 2.24. The SMILES string of the molecule is CC(C)CNCc1ccc2c(c1)C(OC1CCCCO1)CCCC2. The Morgan fingerprint density at radius 3 is 2.83 bits per heavy atom. The van der Waals surface area contributed by atoms with Gasteiger partial charge in [0.25, 0.3) is 0 Å². The lowest BCUT2D eigenvalue weighted by molar-refractivity contribution is -0.191. The van der Waals surface area contributed by atoms with Crippen LogP contribution in [-0.4, -0.2) is 19.4 Å². The first kappa shape index (κ1) is 17.9. The minimum atomic E-state index is -0.00239. The molecule has 134 valence electrons. The fourth-order valence-corrected chi connectivity index (χ4v) is 3.73. The van der Waals surface area contributed by atoms with Crippen LogP contribution in [0, 0.1) is 5.92 Å². The highest BCUT2D eigenvalue weighted by Crippen LogP contribution is 2.34. The summed E-state index contributed by atoms with van der Waals surface area (Å²) in [4.78, 5) is 0. The minimum absolute atomic E-state index is 0.00239. The van der Waals surface area contributed by atoms with Crippen molar-refractivity contribution in [2.45, 2.75) is 77.7 Å². The highest BCUT2D eigenvalue weighted by molar-refractivity contribution is 5.35. The molecule has 1 aliphatic heterocycles. The fraction of sp³-hybridized carbons (Fsp3) is 0.714. The van der Waals surface area contributed by atoms with Gasteiger partial charge in [0, 0.05) is 13.2 Å². The van der Waals surface area contributed by atoms with Crippen LogP contribution in [0.3, 0.4) is 0 Å². The summed E-state index contributed by atoms with van der Waals surface area (Å²) >= 11 is 0. The Balaban J connectivity index is 1.70. The molecule has 0 bridgehead atoms. The molecule has 24 heavy (non-hydrogen) atoms. The minimum Gasteiger partial charge on any atom is -0.353 e. The number of nitrogens with one attached hydrogen (secondary N) is 1. The lowest BCUT2D eigenvalue weighted by Gasteiger charge is -2.28. The quantitative estimate of drug-likeness (QED) is 0.764. The molecule has 1 saturated heterocycles. The molecule has 0 radical (unpaired) electrons. The summed E-state index contributed by atoms with van der Waals surface area (Å²) in [6.07, 6.45) is 8.46. The first-order valence-electron chi connectivity index (χ1n) is 9.82. The van der Waals surface area contributed by atoms with Gasteiger partial charge in [0.1, 0.15) is 0 Å². The van der Waals surface area contributed by atoms with E-state index in [1.54, 1.807) is 0 Å². The number of aryl methyl sites for hydroxylation is 1. The molecular weight excluding hydrogens is 298 g/mol. The van der Waals surface area contributed by atoms with Crippen molar-refractivity contribution in [3.8, 4) is 0 Å². The standard InChI is InChI=1S/C21H33NO2/c1-16(2)14-22-15-17-10-11-18-7-3-4-8-20(19(18)13-17)24-21-9-5-6-12-23-21/h10-11,13,16,20-22H,3-9,12,14-15H2,1-2H3. The van der Waals surface area contributed by atoms with Crippen molar-refractivity contribution in [1.29, 1.82) is 0 Å². The molecule has 1 aliphatic carbocycles. The summed E-state index contributed by atoms with van der Waals surface area (Å²) in [5.41, 5.74) is 4.25. The maximum absolute atomic E-state index is 6.39. The summed E-state index contributed by atoms with van der Waals surface area (Å²) in [6.45, 7) is 7.35. The Bertz CT molecular complexity index is 509. The molecule has 2 aliphatic rings. The van der Waals surface area contributed by atoms with E-state index in [1.165, 1.54) is 48.8 Å². The van der Waals surface area contributed by atoms with Crippen LogP contribution in [-0.2, 0) is 22.4 Å². The summed E-state index contributed by atoms with van der Waals surface area (Å²) in [6, 6.07) is 6.98. The predicted octanol–water partition coefficient (Wildman–Crippen LogP) is 4.74. The third-order valence-electron chi connectivity index (χ3n) is 5.06. The summed E-state index contributed by atoms with van der Waals surface area (Å²) in [7, 11) is 0. The number of rotatable bonds is 6. The molecule has 0 saturated carbocycles. The molecule has 0 spiro atoms. The molecule has 1 aromatic carbocycles. The van der Waals surface area contributed by atoms with Crippen LogP contribution in [0.5, 0.6) is 0 Å². The molecule has 3 rings (SSSR count). The number of fused-ring (bicyclic) bond motifs is 1. The van der Waals surface area contributed by atoms with Crippen LogP contribution in [0.2, 0.25) is 0 Å². The zero-order valence-electron chi connectivity index (χ0n) is 15.4. The number of ether oxygens (including phenoxy) is 2. The zero-order valence-corrected chi connectivity index (χ0v) is 15.4. The average Bonchev–Trinajstić information content (AvgIpc) is 2.78. The van der Waals surface area contributed by atoms with Crippen molar-refractivity contribution in [3.63, 3.8) is 0 Å². The molecule has 2 unspecified atom stereocenters. The van der Waals surface area contributed by atoms with E-state index in [4.69, 9.17) is 9.47 Å². The van der Waals surface area contributed by atoms with Gasteiger partial charge < -0.3 is 14.8 Å². The van der Waals surface area contributed by atoms with Crippen LogP contribution in [0.4, 0.5) is 0 Å². The molecule has 0 amide bonds. The second-order valence-corrected chi connectivity index (χ2v) is 7.72. The maximum Gasteiger partial charge on any atom is 0.158 e. The van der Waals surface area contributed by atoms with E-state index in [-0.39, 0.29) is 12.4 Å². The Kier molecular flexibility index (Phi) is 6.70. The van der Waals surface area contributed by atoms with Gasteiger partial charge in [-0.3, -0.25) is 0 Å². The third-order valence-corrected chi connectivity index (χ3v) is 5.06. The third kappa shape index (κ3) is 5.05. The molecule has 3 nitrogen and oxygen atoms in total. The van der Waals surface area contributed by atoms with Gasteiger partial charge in [0.05, 0.1) is 6.10 Å². The monoisotopic (exact) mass is 331 g/mol. The van der Waals surface area contributed by atoms with Gasteiger partial charge in [-0.2, -0.15) is 0 Å². The lowest BCUT2D eigenvalue weighted by atomic mass is 9.98. The van der Waals surface area contributed by atoms with Gasteiger partial charge in [-0.1, -0.05) is 38.5 Å². The predicted molar refractivity (Wildman–Crippen MR) is 98.0 cm³/mol. The van der Waals surface area contributed by atoms with Crippen molar-refractivity contribution in [1.82, 2.24) is 5.32 Å². The van der Waals surface area contributed by atoms with E-state index < -0.39 is 0 Å². The maximum atomic E-state index is 6.39. The Morgan fingerprint density at radius 2 is 2.04 bits per heavy atom. The molecule has 1 fully saturated rings. The van der Waals surface area contributed by atoms with Crippen LogP contribution >= 0.6 is 0 Å². The van der Waals surface area contributed by atoms with E-state index in [2.05, 4.69) is 37.4 Å². The van der Waals surface area contributed by atoms with Crippen molar-refractivity contribution in [2.75, 3.05) is 13.2 Å². The molecule has 3 heteroatoms. The zero-order chi connectivity index (χ0) is 16.8. The first-order valence-corrected chi connectivity index (χ1v) is 9.82. The number of hydrogen-bond acceptors (Lipinski definition) is 3. The number of benzene rings is 1. The molecule has 1 heterocycles. The second kappa shape index (κ2) is 8.98. The van der Waals surface area contributed by atoms with E-state index in [9.17, 15) is 0 Å². The van der Waals surface area contributed by atoms with Gasteiger partial charge >= 0.3 is 0 Å². The Hall–Kier alpha value is -0.900. The second-order valence-electron chi connectivity index (χ2n) is 7.72. The normalized spacial score (nSPS) is 24.6. The topological polar surface area (TPSA) is 30.5 Å². The first-order chi connectivity index (χ1) is 11.7. The summed E-state index contributed by atoms with van der Waals surface area (Å²) in [5.74, 6) is 0.686. The van der Waals surface area contributed by atoms with Crippen molar-refractivity contribution in [3.05, 3.63) is 34.9 Å². The van der Waals surface area contributed by atoms with E-state index >= 15 is 0 Å². The van der Waals surface area contributed by atoms with E-state index in [1.807, 2.05) is 0 Å². The van der Waals surface area contributed by atoms with Gasteiger partial charge in [-0.15, -0.1) is 0 Å². The summed E-state index contributed by atoms with van der Waals surface area (Å²) < 4.78 is 12.2. The van der Waals surface area contributed by atoms with Crippen molar-refractivity contribution < 1.29 is 9.47 Å². The molecule has 1 N–H and O–H groups in total. The van der Waals surface area contributed by atoms with Crippen molar-refractivity contribution >= 4 is 0 Å². The van der Waals surface area contributed by atoms with Gasteiger partial charge in [0.2, 0.25) is 0 Å². The van der Waals surface area contributed by atoms with Gasteiger partial charge in [0.15, 0.2) is 6.29 Å². The van der Waals surface area contributed by atoms with Crippen LogP contribution in [0.1, 0.15) is 75.2 Å². The van der Waals surface area contributed by atoms with Crippen LogP contribution in [0.15, 0.2) is 18.2 Å². The smallest absolute Gasteiger partial charge is 0.158 e. The average molecular weight is 332 g/mol. The van der Waals surface area contributed by atoms with Crippen LogP contribution in [0.25, 0.3) is 0 Å². The molecule has 2 atom stereocenters. The summed E-state index contributed by atoms with van der Waals surface area (Å²) in [5, 5.41) is 3.55. The molecular formula is C21H33NO2. The van der Waals surface area contributed by atoms with Gasteiger partial charge in [-0.25, -0.2) is 0 Å². The largest absolute Gasteiger partial charge is 0.353 e. The number of hydrogen-bond donors (Lipinski definition) is 1. The molecule has 0 aromatic heterocycles. The Labute approximate surface area is 147 Å². The lowest BCUT2D eigenvalue weighted by Crippen LogP contribution is -2.25. The van der Waals surface area contributed by atoms with Gasteiger partial charge in [-0.05, 0) is 67.7 Å². The Morgan fingerprint density at radius 1 is 1.17 bits per heavy atom. The highest BCUT2D eigenvalue weighted by atomic mass is 16.7.